The Morgan fingerprint density at radius 3 is 2.19 bits per heavy atom. The van der Waals surface area contributed by atoms with Gasteiger partial charge in [0.15, 0.2) is 0 Å². The third-order valence-electron chi connectivity index (χ3n) is 5.28. The van der Waals surface area contributed by atoms with Gasteiger partial charge in [0, 0.05) is 17.1 Å². The van der Waals surface area contributed by atoms with Crippen LogP contribution < -0.4 is 10.6 Å². The highest BCUT2D eigenvalue weighted by atomic mass is 32.2. The molecule has 158 valence electrons. The topological polar surface area (TPSA) is 64.9 Å². The molecule has 2 N–H and O–H groups in total. The number of allylic oxidation sites excluding steroid dienone is 2. The first kappa shape index (κ1) is 21.5. The van der Waals surface area contributed by atoms with E-state index in [1.807, 2.05) is 85.8 Å². The second-order valence-corrected chi connectivity index (χ2v) is 8.44. The first-order chi connectivity index (χ1) is 15.7. The minimum atomic E-state index is -0.440. The van der Waals surface area contributed by atoms with E-state index in [4.69, 9.17) is 0 Å². The molecule has 1 aliphatic heterocycles. The quantitative estimate of drug-likeness (QED) is 0.500. The Hall–Kier alpha value is -3.75. The van der Waals surface area contributed by atoms with Crippen molar-refractivity contribution in [3.05, 3.63) is 124 Å². The fourth-order valence-corrected chi connectivity index (χ4v) is 4.82. The zero-order chi connectivity index (χ0) is 22.3. The average Bonchev–Trinajstić information content (AvgIpc) is 2.84. The molecule has 3 aromatic rings. The van der Waals surface area contributed by atoms with Gasteiger partial charge in [-0.15, -0.1) is 11.8 Å². The van der Waals surface area contributed by atoms with Gasteiger partial charge in [0.25, 0.3) is 5.91 Å². The molecule has 0 saturated heterocycles. The summed E-state index contributed by atoms with van der Waals surface area (Å²) in [6, 6.07) is 31.6. The van der Waals surface area contributed by atoms with Gasteiger partial charge in [-0.05, 0) is 30.2 Å². The van der Waals surface area contributed by atoms with E-state index in [0.717, 1.165) is 16.3 Å². The molecular weight excluding hydrogens is 414 g/mol. The summed E-state index contributed by atoms with van der Waals surface area (Å²) in [7, 11) is 0. The van der Waals surface area contributed by atoms with Crippen LogP contribution in [0.15, 0.2) is 113 Å². The zero-order valence-electron chi connectivity index (χ0n) is 17.7. The van der Waals surface area contributed by atoms with E-state index in [9.17, 15) is 10.1 Å². The molecule has 4 nitrogen and oxygen atoms in total. The van der Waals surface area contributed by atoms with E-state index in [2.05, 4.69) is 28.8 Å². The number of carbonyl (C=O) groups is 1. The largest absolute Gasteiger partial charge is 0.353 e. The second-order valence-electron chi connectivity index (χ2n) is 7.46. The number of dihydropyridines is 1. The Bertz CT molecular complexity index is 1200. The number of benzene rings is 3. The van der Waals surface area contributed by atoms with Gasteiger partial charge in [0.05, 0.1) is 28.2 Å². The lowest BCUT2D eigenvalue weighted by atomic mass is 9.82. The third-order valence-corrected chi connectivity index (χ3v) is 6.37. The lowest BCUT2D eigenvalue weighted by Crippen LogP contribution is -2.30. The van der Waals surface area contributed by atoms with E-state index in [-0.39, 0.29) is 5.91 Å². The number of nitriles is 1. The Balaban J connectivity index is 1.77. The van der Waals surface area contributed by atoms with E-state index in [0.29, 0.717) is 22.6 Å². The molecule has 1 amide bonds. The van der Waals surface area contributed by atoms with Crippen molar-refractivity contribution >= 4 is 23.4 Å². The Kier molecular flexibility index (Phi) is 6.74. The van der Waals surface area contributed by atoms with Crippen LogP contribution in [0.2, 0.25) is 0 Å². The minimum Gasteiger partial charge on any atom is -0.353 e. The van der Waals surface area contributed by atoms with E-state index in [1.165, 1.54) is 5.56 Å². The highest BCUT2D eigenvalue weighted by Crippen LogP contribution is 2.41. The first-order valence-corrected chi connectivity index (χ1v) is 11.4. The van der Waals surface area contributed by atoms with Crippen molar-refractivity contribution in [2.24, 2.45) is 0 Å². The molecule has 0 aromatic heterocycles. The molecule has 1 aliphatic rings. The Labute approximate surface area is 192 Å². The van der Waals surface area contributed by atoms with Crippen LogP contribution in [-0.4, -0.2) is 5.91 Å². The molecule has 5 heteroatoms. The van der Waals surface area contributed by atoms with Crippen molar-refractivity contribution in [1.82, 2.24) is 5.32 Å². The van der Waals surface area contributed by atoms with Crippen molar-refractivity contribution in [2.45, 2.75) is 18.6 Å². The molecule has 0 fully saturated rings. The number of para-hydroxylation sites is 1. The molecule has 1 atom stereocenters. The van der Waals surface area contributed by atoms with Crippen LogP contribution in [0, 0.1) is 11.3 Å². The van der Waals surface area contributed by atoms with Crippen LogP contribution in [0.1, 0.15) is 24.0 Å². The maximum absolute atomic E-state index is 13.6. The van der Waals surface area contributed by atoms with E-state index < -0.39 is 5.92 Å². The summed E-state index contributed by atoms with van der Waals surface area (Å²) in [6.45, 7) is 1.89. The molecule has 32 heavy (non-hydrogen) atoms. The molecule has 0 unspecified atom stereocenters. The van der Waals surface area contributed by atoms with Gasteiger partial charge in [-0.3, -0.25) is 4.79 Å². The van der Waals surface area contributed by atoms with Crippen LogP contribution >= 0.6 is 11.8 Å². The lowest BCUT2D eigenvalue weighted by molar-refractivity contribution is -0.113. The molecular formula is C27H23N3OS. The number of hydrogen-bond donors (Lipinski definition) is 2. The molecule has 0 saturated carbocycles. The van der Waals surface area contributed by atoms with Crippen molar-refractivity contribution in [3.63, 3.8) is 0 Å². The molecule has 0 aliphatic carbocycles. The van der Waals surface area contributed by atoms with Crippen molar-refractivity contribution in [3.8, 4) is 6.07 Å². The first-order valence-electron chi connectivity index (χ1n) is 10.4. The molecule has 0 spiro atoms. The summed E-state index contributed by atoms with van der Waals surface area (Å²) < 4.78 is 0. The summed E-state index contributed by atoms with van der Waals surface area (Å²) in [5, 5.41) is 17.1. The number of thioether (sulfide) groups is 1. The van der Waals surface area contributed by atoms with Crippen LogP contribution in [0.5, 0.6) is 0 Å². The molecule has 0 radical (unpaired) electrons. The number of rotatable bonds is 6. The van der Waals surface area contributed by atoms with Crippen LogP contribution in [-0.2, 0) is 10.5 Å². The van der Waals surface area contributed by atoms with Gasteiger partial charge in [-0.25, -0.2) is 0 Å². The Morgan fingerprint density at radius 2 is 1.56 bits per heavy atom. The van der Waals surface area contributed by atoms with Crippen LogP contribution in [0.4, 0.5) is 5.69 Å². The summed E-state index contributed by atoms with van der Waals surface area (Å²) in [5.74, 6) is 0.0555. The lowest BCUT2D eigenvalue weighted by Gasteiger charge is -2.30. The summed E-state index contributed by atoms with van der Waals surface area (Å²) >= 11 is 1.58. The maximum Gasteiger partial charge on any atom is 0.255 e. The molecule has 0 bridgehead atoms. The third kappa shape index (κ3) is 4.77. The van der Waals surface area contributed by atoms with E-state index >= 15 is 0 Å². The second kappa shape index (κ2) is 10.0. The molecule has 4 rings (SSSR count). The van der Waals surface area contributed by atoms with Gasteiger partial charge in [-0.2, -0.15) is 5.26 Å². The van der Waals surface area contributed by atoms with Gasteiger partial charge in [0.1, 0.15) is 0 Å². The fraction of sp³-hybridized carbons (Fsp3) is 0.111. The van der Waals surface area contributed by atoms with Crippen molar-refractivity contribution < 1.29 is 4.79 Å². The summed E-state index contributed by atoms with van der Waals surface area (Å²) in [5.41, 5.74) is 4.68. The average molecular weight is 438 g/mol. The van der Waals surface area contributed by atoms with Crippen molar-refractivity contribution in [1.29, 1.82) is 5.26 Å². The zero-order valence-corrected chi connectivity index (χ0v) is 18.5. The maximum atomic E-state index is 13.6. The number of carbonyl (C=O) groups excluding carboxylic acids is 1. The number of hydrogen-bond acceptors (Lipinski definition) is 4. The predicted octanol–water partition coefficient (Wildman–Crippen LogP) is 5.95. The van der Waals surface area contributed by atoms with Gasteiger partial charge >= 0.3 is 0 Å². The molecule has 3 aromatic carbocycles. The van der Waals surface area contributed by atoms with E-state index in [1.54, 1.807) is 11.8 Å². The fourth-order valence-electron chi connectivity index (χ4n) is 3.72. The number of nitrogens with zero attached hydrogens (tertiary/aromatic N) is 1. The van der Waals surface area contributed by atoms with Crippen LogP contribution in [0.25, 0.3) is 0 Å². The van der Waals surface area contributed by atoms with Crippen LogP contribution in [0.3, 0.4) is 0 Å². The summed E-state index contributed by atoms with van der Waals surface area (Å²) in [6.07, 6.45) is 0. The SMILES string of the molecule is CC1=C(C#N)[C@H](c2ccccc2)C(C(=O)Nc2ccccc2)=C(SCc2ccccc2)N1. The molecule has 1 heterocycles. The highest BCUT2D eigenvalue weighted by molar-refractivity contribution is 8.02. The normalized spacial score (nSPS) is 15.7. The monoisotopic (exact) mass is 437 g/mol. The standard InChI is InChI=1S/C27H23N3OS/c1-19-23(17-28)24(21-13-7-3-8-14-21)25(26(31)30-22-15-9-4-10-16-22)27(29-19)32-18-20-11-5-2-6-12-20/h2-16,24,29H,18H2,1H3,(H,30,31)/t24-/m0/s1. The predicted molar refractivity (Wildman–Crippen MR) is 130 cm³/mol. The Morgan fingerprint density at radius 1 is 0.969 bits per heavy atom. The van der Waals surface area contributed by atoms with Crippen molar-refractivity contribution in [2.75, 3.05) is 5.32 Å². The number of nitrogens with one attached hydrogen (secondary N) is 2. The smallest absolute Gasteiger partial charge is 0.255 e. The van der Waals surface area contributed by atoms with Gasteiger partial charge in [0.2, 0.25) is 0 Å². The van der Waals surface area contributed by atoms with Gasteiger partial charge < -0.3 is 10.6 Å². The highest BCUT2D eigenvalue weighted by Gasteiger charge is 2.34. The number of anilines is 1. The number of amides is 1. The van der Waals surface area contributed by atoms with Gasteiger partial charge in [-0.1, -0.05) is 78.9 Å². The minimum absolute atomic E-state index is 0.214. The summed E-state index contributed by atoms with van der Waals surface area (Å²) in [4.78, 5) is 13.6.